The number of hydrogen-bond donors (Lipinski definition) is 1. The molecule has 0 amide bonds. The minimum atomic E-state index is -0.349. The van der Waals surface area contributed by atoms with E-state index in [1.54, 1.807) is 6.07 Å². The van der Waals surface area contributed by atoms with E-state index >= 15 is 0 Å². The fraction of sp³-hybridized carbons (Fsp3) is 0.200. The van der Waals surface area contributed by atoms with Gasteiger partial charge in [0.1, 0.15) is 5.75 Å². The number of benzene rings is 2. The Bertz CT molecular complexity index is 557. The van der Waals surface area contributed by atoms with E-state index in [0.29, 0.717) is 5.75 Å². The highest BCUT2D eigenvalue weighted by atomic mass is 127. The van der Waals surface area contributed by atoms with Gasteiger partial charge in [-0.15, -0.1) is 0 Å². The molecule has 0 saturated carbocycles. The van der Waals surface area contributed by atoms with Gasteiger partial charge >= 0.3 is 0 Å². The third-order valence-electron chi connectivity index (χ3n) is 2.93. The number of nitrogens with one attached hydrogen (secondary N) is 1. The minimum absolute atomic E-state index is 0.0227. The number of hydrogen-bond acceptors (Lipinski definition) is 2. The molecule has 2 rings (SSSR count). The summed E-state index contributed by atoms with van der Waals surface area (Å²) in [5.74, 6) is 0.568. The molecule has 0 aliphatic carbocycles. The molecular formula is C15H15FINO. The van der Waals surface area contributed by atoms with Gasteiger partial charge in [0.15, 0.2) is 11.6 Å². The van der Waals surface area contributed by atoms with Crippen LogP contribution in [0.25, 0.3) is 0 Å². The summed E-state index contributed by atoms with van der Waals surface area (Å²) in [6, 6.07) is 12.5. The van der Waals surface area contributed by atoms with E-state index in [2.05, 4.69) is 27.9 Å². The lowest BCUT2D eigenvalue weighted by Gasteiger charge is -2.16. The molecule has 1 unspecified atom stereocenters. The first-order valence-corrected chi connectivity index (χ1v) is 7.09. The topological polar surface area (TPSA) is 21.3 Å². The molecule has 0 saturated heterocycles. The second-order valence-electron chi connectivity index (χ2n) is 4.22. The van der Waals surface area contributed by atoms with Crippen molar-refractivity contribution < 1.29 is 9.13 Å². The van der Waals surface area contributed by atoms with E-state index in [1.165, 1.54) is 6.07 Å². The second-order valence-corrected chi connectivity index (χ2v) is 5.47. The van der Waals surface area contributed by atoms with Crippen LogP contribution < -0.4 is 10.1 Å². The average molecular weight is 371 g/mol. The van der Waals surface area contributed by atoms with Crippen molar-refractivity contribution in [3.05, 3.63) is 57.4 Å². The number of rotatable bonds is 4. The van der Waals surface area contributed by atoms with Gasteiger partial charge in [-0.05, 0) is 66.9 Å². The van der Waals surface area contributed by atoms with Crippen molar-refractivity contribution >= 4 is 22.6 Å². The summed E-state index contributed by atoms with van der Waals surface area (Å²) in [7, 11) is 1.84. The summed E-state index contributed by atoms with van der Waals surface area (Å²) in [5, 5.41) is 3.10. The van der Waals surface area contributed by atoms with Crippen LogP contribution in [0.3, 0.4) is 0 Å². The van der Waals surface area contributed by atoms with E-state index in [9.17, 15) is 4.39 Å². The van der Waals surface area contributed by atoms with E-state index in [1.807, 2.05) is 44.3 Å². The smallest absolute Gasteiger partial charge is 0.167 e. The normalized spacial score (nSPS) is 12.2. The molecule has 4 heteroatoms. The molecule has 0 heterocycles. The van der Waals surface area contributed by atoms with Crippen LogP contribution in [0.15, 0.2) is 42.5 Å². The van der Waals surface area contributed by atoms with E-state index in [4.69, 9.17) is 4.74 Å². The van der Waals surface area contributed by atoms with Crippen molar-refractivity contribution in [3.63, 3.8) is 0 Å². The van der Waals surface area contributed by atoms with Gasteiger partial charge in [0.05, 0.1) is 0 Å². The zero-order chi connectivity index (χ0) is 13.8. The molecule has 0 aliphatic rings. The van der Waals surface area contributed by atoms with E-state index < -0.39 is 0 Å². The van der Waals surface area contributed by atoms with Gasteiger partial charge < -0.3 is 10.1 Å². The maximum atomic E-state index is 14.0. The summed E-state index contributed by atoms with van der Waals surface area (Å²) in [4.78, 5) is 0. The van der Waals surface area contributed by atoms with Crippen LogP contribution in [-0.2, 0) is 0 Å². The van der Waals surface area contributed by atoms with Gasteiger partial charge in [0, 0.05) is 15.2 Å². The molecule has 2 aromatic carbocycles. The Morgan fingerprint density at radius 1 is 1.16 bits per heavy atom. The third kappa shape index (κ3) is 3.45. The monoisotopic (exact) mass is 371 g/mol. The van der Waals surface area contributed by atoms with Crippen molar-refractivity contribution in [1.82, 2.24) is 5.32 Å². The van der Waals surface area contributed by atoms with Crippen LogP contribution >= 0.6 is 22.6 Å². The number of ether oxygens (including phenoxy) is 1. The number of halogens is 2. The summed E-state index contributed by atoms with van der Waals surface area (Å²) >= 11 is 2.22. The Labute approximate surface area is 126 Å². The molecule has 2 nitrogen and oxygen atoms in total. The zero-order valence-electron chi connectivity index (χ0n) is 10.8. The fourth-order valence-corrected chi connectivity index (χ4v) is 2.11. The van der Waals surface area contributed by atoms with E-state index in [0.717, 1.165) is 9.13 Å². The maximum absolute atomic E-state index is 14.0. The highest BCUT2D eigenvalue weighted by molar-refractivity contribution is 14.1. The van der Waals surface area contributed by atoms with Gasteiger partial charge in [-0.1, -0.05) is 12.1 Å². The predicted molar refractivity (Wildman–Crippen MR) is 83.1 cm³/mol. The first kappa shape index (κ1) is 14.3. The molecule has 100 valence electrons. The molecular weight excluding hydrogens is 356 g/mol. The molecule has 0 fully saturated rings. The summed E-state index contributed by atoms with van der Waals surface area (Å²) in [6.07, 6.45) is 0. The highest BCUT2D eigenvalue weighted by Crippen LogP contribution is 2.32. The Kier molecular flexibility index (Phi) is 4.76. The molecule has 19 heavy (non-hydrogen) atoms. The van der Waals surface area contributed by atoms with Crippen molar-refractivity contribution in [3.8, 4) is 11.5 Å². The van der Waals surface area contributed by atoms with Crippen LogP contribution in [0.1, 0.15) is 18.5 Å². The molecule has 1 N–H and O–H groups in total. The van der Waals surface area contributed by atoms with Crippen molar-refractivity contribution in [2.24, 2.45) is 0 Å². The highest BCUT2D eigenvalue weighted by Gasteiger charge is 2.15. The first-order chi connectivity index (χ1) is 9.11. The molecule has 0 spiro atoms. The summed E-state index contributed by atoms with van der Waals surface area (Å²) in [5.41, 5.74) is 0.807. The Hall–Kier alpha value is -1.14. The molecule has 0 radical (unpaired) electrons. The summed E-state index contributed by atoms with van der Waals surface area (Å²) in [6.45, 7) is 1.97. The SMILES string of the molecule is CNC(C)c1cccc(F)c1Oc1ccc(I)cc1. The average Bonchev–Trinajstić information content (AvgIpc) is 2.42. The Morgan fingerprint density at radius 3 is 2.47 bits per heavy atom. The zero-order valence-corrected chi connectivity index (χ0v) is 12.9. The van der Waals surface area contributed by atoms with Gasteiger partial charge in [0.2, 0.25) is 0 Å². The van der Waals surface area contributed by atoms with Crippen LogP contribution in [0, 0.1) is 9.39 Å². The lowest BCUT2D eigenvalue weighted by molar-refractivity contribution is 0.428. The van der Waals surface area contributed by atoms with Crippen molar-refractivity contribution in [1.29, 1.82) is 0 Å². The molecule has 0 aliphatic heterocycles. The molecule has 0 bridgehead atoms. The standard InChI is InChI=1S/C15H15FINO/c1-10(18-2)13-4-3-5-14(16)15(13)19-12-8-6-11(17)7-9-12/h3-10,18H,1-2H3. The van der Waals surface area contributed by atoms with Crippen LogP contribution in [0.5, 0.6) is 11.5 Å². The third-order valence-corrected chi connectivity index (χ3v) is 3.65. The Balaban J connectivity index is 2.35. The lowest BCUT2D eigenvalue weighted by Crippen LogP contribution is -2.13. The van der Waals surface area contributed by atoms with Gasteiger partial charge in [0.25, 0.3) is 0 Å². The molecule has 2 aromatic rings. The number of para-hydroxylation sites is 1. The fourth-order valence-electron chi connectivity index (χ4n) is 1.75. The van der Waals surface area contributed by atoms with Gasteiger partial charge in [-0.2, -0.15) is 0 Å². The quantitative estimate of drug-likeness (QED) is 0.799. The predicted octanol–water partition coefficient (Wildman–Crippen LogP) is 4.50. The van der Waals surface area contributed by atoms with Gasteiger partial charge in [-0.25, -0.2) is 4.39 Å². The Morgan fingerprint density at radius 2 is 1.84 bits per heavy atom. The minimum Gasteiger partial charge on any atom is -0.454 e. The largest absolute Gasteiger partial charge is 0.454 e. The van der Waals surface area contributed by atoms with Crippen LogP contribution in [0.2, 0.25) is 0 Å². The second kappa shape index (κ2) is 6.34. The van der Waals surface area contributed by atoms with E-state index in [-0.39, 0.29) is 17.6 Å². The van der Waals surface area contributed by atoms with Crippen molar-refractivity contribution in [2.75, 3.05) is 7.05 Å². The summed E-state index contributed by atoms with van der Waals surface area (Å²) < 4.78 is 20.8. The van der Waals surface area contributed by atoms with Crippen molar-refractivity contribution in [2.45, 2.75) is 13.0 Å². The van der Waals surface area contributed by atoms with Crippen LogP contribution in [0.4, 0.5) is 4.39 Å². The first-order valence-electron chi connectivity index (χ1n) is 6.01. The lowest BCUT2D eigenvalue weighted by atomic mass is 10.1. The maximum Gasteiger partial charge on any atom is 0.167 e. The molecule has 0 aromatic heterocycles. The van der Waals surface area contributed by atoms with Crippen LogP contribution in [-0.4, -0.2) is 7.05 Å². The molecule has 1 atom stereocenters. The van der Waals surface area contributed by atoms with Gasteiger partial charge in [-0.3, -0.25) is 0 Å².